The first-order valence-corrected chi connectivity index (χ1v) is 7.42. The normalized spacial score (nSPS) is 11.5. The molecule has 0 saturated carbocycles. The third kappa shape index (κ3) is 5.38. The van der Waals surface area contributed by atoms with Gasteiger partial charge in [-0.15, -0.1) is 0 Å². The van der Waals surface area contributed by atoms with Crippen LogP contribution in [0, 0.1) is 0 Å². The predicted octanol–water partition coefficient (Wildman–Crippen LogP) is 3.93. The second-order valence-corrected chi connectivity index (χ2v) is 5.31. The minimum Gasteiger partial charge on any atom is -0.370 e. The van der Waals surface area contributed by atoms with Gasteiger partial charge in [-0.25, -0.2) is 0 Å². The zero-order chi connectivity index (χ0) is 17.6. The number of fused-ring (bicyclic) bond motifs is 1. The number of carbonyl (C=O) groups excluding carboxylic acids is 1. The maximum absolute atomic E-state index is 12.1. The number of ether oxygens (including phenoxy) is 1. The van der Waals surface area contributed by atoms with Crippen molar-refractivity contribution in [1.82, 2.24) is 4.90 Å². The van der Waals surface area contributed by atoms with Crippen molar-refractivity contribution in [3.63, 3.8) is 0 Å². The molecule has 0 spiro atoms. The van der Waals surface area contributed by atoms with Crippen LogP contribution in [0.2, 0.25) is 0 Å². The first-order valence-electron chi connectivity index (χ1n) is 7.42. The van der Waals surface area contributed by atoms with Crippen molar-refractivity contribution in [2.24, 2.45) is 0 Å². The Morgan fingerprint density at radius 2 is 1.88 bits per heavy atom. The summed E-state index contributed by atoms with van der Waals surface area (Å²) in [5.41, 5.74) is 0.889. The van der Waals surface area contributed by atoms with Gasteiger partial charge >= 0.3 is 6.18 Å². The summed E-state index contributed by atoms with van der Waals surface area (Å²) < 4.78 is 40.8. The lowest BCUT2D eigenvalue weighted by Gasteiger charge is -2.21. The maximum atomic E-state index is 12.1. The monoisotopic (exact) mass is 337 g/mol. The van der Waals surface area contributed by atoms with Crippen molar-refractivity contribution >= 4 is 16.7 Å². The van der Waals surface area contributed by atoms with Crippen molar-refractivity contribution in [1.29, 1.82) is 0 Å². The van der Waals surface area contributed by atoms with Crippen LogP contribution >= 0.6 is 0 Å². The number of benzene rings is 2. The third-order valence-electron chi connectivity index (χ3n) is 3.44. The van der Waals surface area contributed by atoms with Crippen LogP contribution in [0.3, 0.4) is 0 Å². The highest BCUT2D eigenvalue weighted by atomic mass is 19.4. The quantitative estimate of drug-likeness (QED) is 0.566. The molecule has 0 heterocycles. The first kappa shape index (κ1) is 18.0. The number of halogens is 3. The third-order valence-corrected chi connectivity index (χ3v) is 3.44. The van der Waals surface area contributed by atoms with Crippen LogP contribution in [0.1, 0.15) is 5.56 Å². The number of amides is 1. The van der Waals surface area contributed by atoms with E-state index in [-0.39, 0.29) is 25.6 Å². The molecule has 0 aliphatic heterocycles. The van der Waals surface area contributed by atoms with E-state index in [4.69, 9.17) is 0 Å². The first-order chi connectivity index (χ1) is 11.4. The highest BCUT2D eigenvalue weighted by Crippen LogP contribution is 2.17. The van der Waals surface area contributed by atoms with Crippen molar-refractivity contribution < 1.29 is 22.7 Å². The van der Waals surface area contributed by atoms with E-state index in [0.29, 0.717) is 0 Å². The minimum atomic E-state index is -4.37. The van der Waals surface area contributed by atoms with Crippen LogP contribution in [0.4, 0.5) is 13.2 Å². The van der Waals surface area contributed by atoms with E-state index in [1.165, 1.54) is 4.90 Å². The van der Waals surface area contributed by atoms with E-state index in [9.17, 15) is 18.0 Å². The van der Waals surface area contributed by atoms with E-state index in [1.54, 1.807) is 0 Å². The van der Waals surface area contributed by atoms with Gasteiger partial charge in [-0.3, -0.25) is 4.79 Å². The lowest BCUT2D eigenvalue weighted by Crippen LogP contribution is -2.33. The lowest BCUT2D eigenvalue weighted by atomic mass is 10.1. The summed E-state index contributed by atoms with van der Waals surface area (Å²) >= 11 is 0. The van der Waals surface area contributed by atoms with E-state index < -0.39 is 12.8 Å². The van der Waals surface area contributed by atoms with Crippen molar-refractivity contribution in [3.05, 3.63) is 60.7 Å². The van der Waals surface area contributed by atoms with E-state index in [1.807, 2.05) is 42.5 Å². The molecule has 2 rings (SSSR count). The molecule has 0 saturated heterocycles. The van der Waals surface area contributed by atoms with Gasteiger partial charge in [0.2, 0.25) is 5.91 Å². The summed E-state index contributed by atoms with van der Waals surface area (Å²) in [7, 11) is 0. The Morgan fingerprint density at radius 3 is 2.54 bits per heavy atom. The van der Waals surface area contributed by atoms with Crippen LogP contribution < -0.4 is 0 Å². The molecule has 0 radical (unpaired) electrons. The molecule has 0 bridgehead atoms. The molecular weight excluding hydrogens is 319 g/mol. The van der Waals surface area contributed by atoms with E-state index in [0.717, 1.165) is 22.4 Å². The van der Waals surface area contributed by atoms with Crippen LogP contribution in [0.25, 0.3) is 10.8 Å². The van der Waals surface area contributed by atoms with Gasteiger partial charge in [0.25, 0.3) is 0 Å². The molecule has 3 nitrogen and oxygen atoms in total. The molecule has 2 aromatic carbocycles. The smallest absolute Gasteiger partial charge is 0.370 e. The molecule has 2 aromatic rings. The van der Waals surface area contributed by atoms with Gasteiger partial charge in [0.1, 0.15) is 6.61 Å². The largest absolute Gasteiger partial charge is 0.411 e. The number of alkyl halides is 3. The standard InChI is InChI=1S/C18H18F3NO2/c1-2-17(23)22(9-10-24-13-18(19,20)21)12-14-7-8-15-5-3-4-6-16(15)11-14/h2-8,11H,1,9-10,12-13H2. The highest BCUT2D eigenvalue weighted by molar-refractivity contribution is 5.87. The van der Waals surface area contributed by atoms with Crippen LogP contribution in [-0.4, -0.2) is 36.7 Å². The Morgan fingerprint density at radius 1 is 1.17 bits per heavy atom. The fraction of sp³-hybridized carbons (Fsp3) is 0.278. The van der Waals surface area contributed by atoms with Crippen molar-refractivity contribution in [3.8, 4) is 0 Å². The molecule has 0 unspecified atom stereocenters. The van der Waals surface area contributed by atoms with Gasteiger partial charge in [-0.05, 0) is 28.5 Å². The Kier molecular flexibility index (Phi) is 5.98. The Bertz CT molecular complexity index is 713. The lowest BCUT2D eigenvalue weighted by molar-refractivity contribution is -0.174. The number of rotatable bonds is 7. The van der Waals surface area contributed by atoms with Gasteiger partial charge in [0.15, 0.2) is 0 Å². The van der Waals surface area contributed by atoms with E-state index in [2.05, 4.69) is 11.3 Å². The van der Waals surface area contributed by atoms with Crippen LogP contribution in [0.5, 0.6) is 0 Å². The van der Waals surface area contributed by atoms with Gasteiger partial charge in [-0.1, -0.05) is 43.0 Å². The topological polar surface area (TPSA) is 29.5 Å². The van der Waals surface area contributed by atoms with Gasteiger partial charge in [0.05, 0.1) is 6.61 Å². The fourth-order valence-corrected chi connectivity index (χ4v) is 2.32. The van der Waals surface area contributed by atoms with Crippen LogP contribution in [0.15, 0.2) is 55.1 Å². The Balaban J connectivity index is 2.01. The zero-order valence-corrected chi connectivity index (χ0v) is 13.1. The number of nitrogens with zero attached hydrogens (tertiary/aromatic N) is 1. The second-order valence-electron chi connectivity index (χ2n) is 5.31. The molecule has 1 amide bonds. The van der Waals surface area contributed by atoms with Gasteiger partial charge in [0, 0.05) is 13.1 Å². The maximum Gasteiger partial charge on any atom is 0.411 e. The summed E-state index contributed by atoms with van der Waals surface area (Å²) in [4.78, 5) is 13.3. The highest BCUT2D eigenvalue weighted by Gasteiger charge is 2.27. The number of hydrogen-bond donors (Lipinski definition) is 0. The molecule has 0 aliphatic rings. The van der Waals surface area contributed by atoms with Gasteiger partial charge < -0.3 is 9.64 Å². The molecule has 24 heavy (non-hydrogen) atoms. The summed E-state index contributed by atoms with van der Waals surface area (Å²) in [6.45, 7) is 2.27. The summed E-state index contributed by atoms with van der Waals surface area (Å²) in [6.07, 6.45) is -3.23. The number of hydrogen-bond acceptors (Lipinski definition) is 2. The predicted molar refractivity (Wildman–Crippen MR) is 86.4 cm³/mol. The second kappa shape index (κ2) is 7.97. The molecule has 6 heteroatoms. The minimum absolute atomic E-state index is 0.0633. The molecule has 0 aromatic heterocycles. The molecule has 0 atom stereocenters. The average molecular weight is 337 g/mol. The van der Waals surface area contributed by atoms with E-state index >= 15 is 0 Å². The summed E-state index contributed by atoms with van der Waals surface area (Å²) in [6, 6.07) is 13.6. The molecule has 0 N–H and O–H groups in total. The number of carbonyl (C=O) groups is 1. The average Bonchev–Trinajstić information content (AvgIpc) is 2.55. The Hall–Kier alpha value is -2.34. The SMILES string of the molecule is C=CC(=O)N(CCOCC(F)(F)F)Cc1ccc2ccccc2c1. The summed E-state index contributed by atoms with van der Waals surface area (Å²) in [5, 5.41) is 2.12. The molecule has 0 aliphatic carbocycles. The van der Waals surface area contributed by atoms with Gasteiger partial charge in [-0.2, -0.15) is 13.2 Å². The molecule has 128 valence electrons. The van der Waals surface area contributed by atoms with Crippen LogP contribution in [-0.2, 0) is 16.1 Å². The molecular formula is C18H18F3NO2. The van der Waals surface area contributed by atoms with Crippen molar-refractivity contribution in [2.45, 2.75) is 12.7 Å². The molecule has 0 fully saturated rings. The Labute approximate surface area is 138 Å². The fourth-order valence-electron chi connectivity index (χ4n) is 2.32. The summed E-state index contributed by atoms with van der Waals surface area (Å²) in [5.74, 6) is -0.348. The van der Waals surface area contributed by atoms with Crippen molar-refractivity contribution in [2.75, 3.05) is 19.8 Å². The zero-order valence-electron chi connectivity index (χ0n) is 13.1.